The van der Waals surface area contributed by atoms with Gasteiger partial charge < -0.3 is 15.0 Å². The molecule has 4 aromatic carbocycles. The number of carbonyl (C=O) groups is 3. The summed E-state index contributed by atoms with van der Waals surface area (Å²) in [6, 6.07) is 28.2. The second kappa shape index (κ2) is 9.55. The van der Waals surface area contributed by atoms with Crippen LogP contribution in [0.1, 0.15) is 44.3 Å². The zero-order valence-corrected chi connectivity index (χ0v) is 23.6. The van der Waals surface area contributed by atoms with E-state index >= 15 is 0 Å². The Hall–Kier alpha value is -4.97. The highest BCUT2D eigenvalue weighted by molar-refractivity contribution is 6.18. The van der Waals surface area contributed by atoms with Gasteiger partial charge in [0.15, 0.2) is 11.6 Å². The Morgan fingerprint density at radius 2 is 1.52 bits per heavy atom. The van der Waals surface area contributed by atoms with Crippen LogP contribution < -0.4 is 15.0 Å². The summed E-state index contributed by atoms with van der Waals surface area (Å²) in [4.78, 5) is 46.1. The van der Waals surface area contributed by atoms with Crippen LogP contribution in [0, 0.1) is 12.8 Å². The lowest BCUT2D eigenvalue weighted by atomic mass is 9.64. The fourth-order valence-corrected chi connectivity index (χ4v) is 7.25. The number of hydrogen-bond acceptors (Lipinski definition) is 5. The molecule has 0 saturated carbocycles. The lowest BCUT2D eigenvalue weighted by Crippen LogP contribution is -2.51. The van der Waals surface area contributed by atoms with E-state index in [0.29, 0.717) is 22.6 Å². The summed E-state index contributed by atoms with van der Waals surface area (Å²) in [5.41, 5.74) is 4.93. The van der Waals surface area contributed by atoms with Gasteiger partial charge in [0.25, 0.3) is 0 Å². The third kappa shape index (κ3) is 3.54. The fourth-order valence-electron chi connectivity index (χ4n) is 7.25. The lowest BCUT2D eigenvalue weighted by molar-refractivity contribution is -0.121. The average Bonchev–Trinajstić information content (AvgIpc) is 3.49. The molecule has 0 unspecified atom stereocenters. The van der Waals surface area contributed by atoms with Crippen LogP contribution in [-0.2, 0) is 10.2 Å². The maximum absolute atomic E-state index is 14.9. The number of amides is 1. The number of ether oxygens (including phenoxy) is 1. The molecule has 7 rings (SSSR count). The van der Waals surface area contributed by atoms with E-state index in [-0.39, 0.29) is 17.5 Å². The number of ketones is 2. The van der Waals surface area contributed by atoms with Crippen molar-refractivity contribution in [2.24, 2.45) is 5.92 Å². The minimum Gasteiger partial charge on any atom is -0.497 e. The van der Waals surface area contributed by atoms with Crippen molar-refractivity contribution in [3.05, 3.63) is 131 Å². The molecule has 0 aromatic heterocycles. The molecule has 1 saturated heterocycles. The number of aryl methyl sites for hydroxylation is 1. The molecule has 4 aromatic rings. The third-order valence-electron chi connectivity index (χ3n) is 9.12. The number of anilines is 2. The summed E-state index contributed by atoms with van der Waals surface area (Å²) in [7, 11) is 1.57. The van der Waals surface area contributed by atoms with Gasteiger partial charge in [0.1, 0.15) is 17.2 Å². The highest BCUT2D eigenvalue weighted by Crippen LogP contribution is 2.59. The topological polar surface area (TPSA) is 75.7 Å². The van der Waals surface area contributed by atoms with Crippen LogP contribution in [0.4, 0.5) is 11.4 Å². The van der Waals surface area contributed by atoms with Crippen LogP contribution in [-0.4, -0.2) is 36.7 Å². The molecule has 6 heteroatoms. The SMILES string of the molecule is COc1ccc(C(=O)[C@@H]2[C@@H](C(=O)c3ccccc3)N3c4ccc(C)cc4C(C)=C[C@@H]3[C@@]23C(=O)Nc2ccccc23)cc1. The molecule has 0 radical (unpaired) electrons. The Balaban J connectivity index is 1.55. The van der Waals surface area contributed by atoms with Gasteiger partial charge in [0, 0.05) is 28.1 Å². The molecular formula is C36H30N2O4. The number of Topliss-reactive ketones (excluding diaryl/α,β-unsaturated/α-hetero) is 2. The molecule has 208 valence electrons. The first-order valence-corrected chi connectivity index (χ1v) is 14.1. The first kappa shape index (κ1) is 26.0. The van der Waals surface area contributed by atoms with Crippen molar-refractivity contribution in [1.82, 2.24) is 0 Å². The molecule has 1 spiro atoms. The number of methoxy groups -OCH3 is 1. The van der Waals surface area contributed by atoms with Gasteiger partial charge in [-0.2, -0.15) is 0 Å². The predicted octanol–water partition coefficient (Wildman–Crippen LogP) is 6.25. The number of benzene rings is 4. The number of allylic oxidation sites excluding steroid dienone is 1. The van der Waals surface area contributed by atoms with Crippen LogP contribution in [0.15, 0.2) is 103 Å². The molecule has 0 aliphatic carbocycles. The number of fused-ring (bicyclic) bond motifs is 6. The third-order valence-corrected chi connectivity index (χ3v) is 9.12. The number of nitrogens with zero attached hydrogens (tertiary/aromatic N) is 1. The fraction of sp³-hybridized carbons (Fsp3) is 0.194. The van der Waals surface area contributed by atoms with Crippen molar-refractivity contribution >= 4 is 34.4 Å². The normalized spacial score (nSPS) is 23.5. The second-order valence-electron chi connectivity index (χ2n) is 11.3. The summed E-state index contributed by atoms with van der Waals surface area (Å²) in [6.45, 7) is 4.07. The number of hydrogen-bond donors (Lipinski definition) is 1. The smallest absolute Gasteiger partial charge is 0.238 e. The monoisotopic (exact) mass is 554 g/mol. The highest BCUT2D eigenvalue weighted by atomic mass is 16.5. The zero-order chi connectivity index (χ0) is 29.2. The average molecular weight is 555 g/mol. The quantitative estimate of drug-likeness (QED) is 0.295. The van der Waals surface area contributed by atoms with Gasteiger partial charge in [0.2, 0.25) is 5.91 Å². The number of nitrogens with one attached hydrogen (secondary N) is 1. The van der Waals surface area contributed by atoms with Crippen LogP contribution in [0.3, 0.4) is 0 Å². The summed E-state index contributed by atoms with van der Waals surface area (Å²) in [5, 5.41) is 3.09. The van der Waals surface area contributed by atoms with E-state index in [0.717, 1.165) is 28.0 Å². The van der Waals surface area contributed by atoms with E-state index in [9.17, 15) is 14.4 Å². The molecule has 1 fully saturated rings. The molecular weight excluding hydrogens is 524 g/mol. The van der Waals surface area contributed by atoms with Crippen molar-refractivity contribution in [2.75, 3.05) is 17.3 Å². The predicted molar refractivity (Wildman–Crippen MR) is 163 cm³/mol. The molecule has 1 amide bonds. The van der Waals surface area contributed by atoms with E-state index < -0.39 is 23.4 Å². The minimum absolute atomic E-state index is 0.194. The van der Waals surface area contributed by atoms with E-state index in [2.05, 4.69) is 17.5 Å². The Bertz CT molecular complexity index is 1790. The molecule has 6 nitrogen and oxygen atoms in total. The van der Waals surface area contributed by atoms with Crippen LogP contribution in [0.25, 0.3) is 5.57 Å². The molecule has 3 aliphatic rings. The van der Waals surface area contributed by atoms with Crippen molar-refractivity contribution < 1.29 is 19.1 Å². The van der Waals surface area contributed by atoms with E-state index in [4.69, 9.17) is 4.74 Å². The van der Waals surface area contributed by atoms with Gasteiger partial charge >= 0.3 is 0 Å². The lowest BCUT2D eigenvalue weighted by Gasteiger charge is -2.39. The van der Waals surface area contributed by atoms with E-state index in [1.54, 1.807) is 43.5 Å². The number of para-hydroxylation sites is 1. The molecule has 42 heavy (non-hydrogen) atoms. The molecule has 1 N–H and O–H groups in total. The van der Waals surface area contributed by atoms with Gasteiger partial charge in [-0.05, 0) is 67.4 Å². The highest BCUT2D eigenvalue weighted by Gasteiger charge is 2.70. The zero-order valence-electron chi connectivity index (χ0n) is 23.6. The van der Waals surface area contributed by atoms with Crippen molar-refractivity contribution in [3.63, 3.8) is 0 Å². The second-order valence-corrected chi connectivity index (χ2v) is 11.3. The van der Waals surface area contributed by atoms with Gasteiger partial charge in [-0.1, -0.05) is 66.2 Å². The van der Waals surface area contributed by atoms with Crippen LogP contribution in [0.5, 0.6) is 5.75 Å². The van der Waals surface area contributed by atoms with E-state index in [1.807, 2.05) is 73.3 Å². The Morgan fingerprint density at radius 1 is 0.833 bits per heavy atom. The first-order valence-electron chi connectivity index (χ1n) is 14.1. The molecule has 4 atom stereocenters. The van der Waals surface area contributed by atoms with Crippen LogP contribution in [0.2, 0.25) is 0 Å². The summed E-state index contributed by atoms with van der Waals surface area (Å²) in [5.74, 6) is -1.11. The maximum atomic E-state index is 14.9. The largest absolute Gasteiger partial charge is 0.497 e. The first-order chi connectivity index (χ1) is 20.4. The Kier molecular flexibility index (Phi) is 5.91. The summed E-state index contributed by atoms with van der Waals surface area (Å²) in [6.07, 6.45) is 2.08. The van der Waals surface area contributed by atoms with Gasteiger partial charge in [0.05, 0.1) is 19.1 Å². The van der Waals surface area contributed by atoms with Crippen molar-refractivity contribution in [2.45, 2.75) is 31.3 Å². The Labute approximate surface area is 244 Å². The van der Waals surface area contributed by atoms with Crippen molar-refractivity contribution in [3.8, 4) is 5.75 Å². The van der Waals surface area contributed by atoms with Crippen LogP contribution >= 0.6 is 0 Å². The summed E-state index contributed by atoms with van der Waals surface area (Å²) < 4.78 is 5.34. The van der Waals surface area contributed by atoms with Gasteiger partial charge in [-0.25, -0.2) is 0 Å². The molecule has 0 bridgehead atoms. The minimum atomic E-state index is -1.34. The Morgan fingerprint density at radius 3 is 2.26 bits per heavy atom. The number of carbonyl (C=O) groups excluding carboxylic acids is 3. The van der Waals surface area contributed by atoms with E-state index in [1.165, 1.54) is 0 Å². The summed E-state index contributed by atoms with van der Waals surface area (Å²) >= 11 is 0. The number of rotatable bonds is 5. The van der Waals surface area contributed by atoms with Gasteiger partial charge in [-0.3, -0.25) is 14.4 Å². The maximum Gasteiger partial charge on any atom is 0.238 e. The van der Waals surface area contributed by atoms with Crippen molar-refractivity contribution in [1.29, 1.82) is 0 Å². The molecule has 3 heterocycles. The van der Waals surface area contributed by atoms with Gasteiger partial charge in [-0.15, -0.1) is 0 Å². The standard InChI is InChI=1S/C36H30N2O4/c1-21-13-18-29-26(19-21)22(2)20-30-36(27-11-7-8-12-28(27)37-35(36)41)31(33(39)24-14-16-25(42-3)17-15-24)32(38(29)30)34(40)23-9-5-4-6-10-23/h4-20,30-32H,1-3H3,(H,37,41)/t30-,31+,32+,36-/m1/s1. The molecule has 3 aliphatic heterocycles.